The van der Waals surface area contributed by atoms with E-state index in [1.165, 1.54) is 11.1 Å². The molecule has 0 fully saturated rings. The number of aliphatic hydroxyl groups is 1. The Hall–Kier alpha value is -4.05. The molecule has 1 N–H and O–H groups in total. The fourth-order valence-corrected chi connectivity index (χ4v) is 3.92. The van der Waals surface area contributed by atoms with Crippen LogP contribution in [-0.2, 0) is 9.47 Å². The first-order chi connectivity index (χ1) is 17.0. The minimum absolute atomic E-state index is 0.330. The topological polar surface area (TPSA) is 55.8 Å². The van der Waals surface area contributed by atoms with Gasteiger partial charge in [0.15, 0.2) is 5.76 Å². The standard InChI is InChI=1S/C31H30O4/c1-22-5-3-7-26(12-9-22)30(21-32)34-28-8-4-6-24(15-18-28)25-16-19-29(20-17-25)35-31(33)27-13-10-23(2)11-14-27/h4-7,9-16,18-19,21,32H,3,8,17,20H2,1-2H3/b30-21-. The molecule has 0 saturated heterocycles. The summed E-state index contributed by atoms with van der Waals surface area (Å²) >= 11 is 0. The van der Waals surface area contributed by atoms with Crippen molar-refractivity contribution < 1.29 is 19.4 Å². The summed E-state index contributed by atoms with van der Waals surface area (Å²) in [6.07, 6.45) is 24.0. The number of ether oxygens (including phenoxy) is 2. The van der Waals surface area contributed by atoms with E-state index in [-0.39, 0.29) is 5.97 Å². The number of hydrogen-bond donors (Lipinski definition) is 1. The Morgan fingerprint density at radius 3 is 2.43 bits per heavy atom. The zero-order valence-electron chi connectivity index (χ0n) is 20.2. The van der Waals surface area contributed by atoms with Gasteiger partial charge in [0.05, 0.1) is 5.56 Å². The molecule has 4 nitrogen and oxygen atoms in total. The lowest BCUT2D eigenvalue weighted by Crippen LogP contribution is -2.07. The third kappa shape index (κ3) is 6.51. The molecule has 1 aromatic carbocycles. The first kappa shape index (κ1) is 24.1. The lowest BCUT2D eigenvalue weighted by molar-refractivity contribution is 0.0613. The lowest BCUT2D eigenvalue weighted by atomic mass is 9.96. The number of carbonyl (C=O) groups is 1. The molecule has 0 spiro atoms. The second-order valence-corrected chi connectivity index (χ2v) is 8.71. The first-order valence-corrected chi connectivity index (χ1v) is 11.9. The molecule has 178 valence electrons. The maximum absolute atomic E-state index is 12.4. The molecular formula is C31H30O4. The predicted octanol–water partition coefficient (Wildman–Crippen LogP) is 7.77. The second kappa shape index (κ2) is 11.4. The van der Waals surface area contributed by atoms with Crippen molar-refractivity contribution in [2.75, 3.05) is 0 Å². The highest BCUT2D eigenvalue weighted by atomic mass is 16.5. The van der Waals surface area contributed by atoms with Crippen LogP contribution in [0.5, 0.6) is 0 Å². The number of aliphatic hydroxyl groups excluding tert-OH is 1. The number of hydrogen-bond acceptors (Lipinski definition) is 4. The van der Waals surface area contributed by atoms with Gasteiger partial charge >= 0.3 is 5.97 Å². The summed E-state index contributed by atoms with van der Waals surface area (Å²) in [4.78, 5) is 12.4. The summed E-state index contributed by atoms with van der Waals surface area (Å²) in [7, 11) is 0. The summed E-state index contributed by atoms with van der Waals surface area (Å²) < 4.78 is 11.6. The summed E-state index contributed by atoms with van der Waals surface area (Å²) in [5.41, 5.74) is 5.95. The van der Waals surface area contributed by atoms with Gasteiger partial charge in [-0.05, 0) is 62.1 Å². The van der Waals surface area contributed by atoms with Crippen LogP contribution in [-0.4, -0.2) is 11.1 Å². The van der Waals surface area contributed by atoms with E-state index in [4.69, 9.17) is 9.47 Å². The van der Waals surface area contributed by atoms with Crippen molar-refractivity contribution in [1.29, 1.82) is 0 Å². The van der Waals surface area contributed by atoms with Gasteiger partial charge in [-0.15, -0.1) is 0 Å². The average molecular weight is 467 g/mol. The molecule has 3 aliphatic rings. The van der Waals surface area contributed by atoms with Crippen LogP contribution in [0.3, 0.4) is 0 Å². The zero-order chi connectivity index (χ0) is 24.6. The number of benzene rings is 1. The van der Waals surface area contributed by atoms with Crippen molar-refractivity contribution >= 4 is 5.97 Å². The van der Waals surface area contributed by atoms with Gasteiger partial charge in [0, 0.05) is 18.4 Å². The van der Waals surface area contributed by atoms with Crippen LogP contribution in [0.2, 0.25) is 0 Å². The fourth-order valence-electron chi connectivity index (χ4n) is 3.92. The van der Waals surface area contributed by atoms with Gasteiger partial charge in [0.1, 0.15) is 17.8 Å². The minimum Gasteiger partial charge on any atom is -0.512 e. The Morgan fingerprint density at radius 2 is 1.69 bits per heavy atom. The van der Waals surface area contributed by atoms with E-state index in [2.05, 4.69) is 18.2 Å². The number of aryl methyl sites for hydroxylation is 1. The van der Waals surface area contributed by atoms with Crippen LogP contribution in [0.1, 0.15) is 48.5 Å². The molecule has 0 radical (unpaired) electrons. The maximum atomic E-state index is 12.4. The molecule has 4 heteroatoms. The highest BCUT2D eigenvalue weighted by molar-refractivity contribution is 5.90. The smallest absolute Gasteiger partial charge is 0.343 e. The van der Waals surface area contributed by atoms with Gasteiger partial charge in [-0.3, -0.25) is 0 Å². The van der Waals surface area contributed by atoms with Gasteiger partial charge in [0.2, 0.25) is 0 Å². The van der Waals surface area contributed by atoms with Crippen LogP contribution in [0.25, 0.3) is 0 Å². The van der Waals surface area contributed by atoms with Crippen molar-refractivity contribution in [3.63, 3.8) is 0 Å². The lowest BCUT2D eigenvalue weighted by Gasteiger charge is -2.15. The third-order valence-electron chi connectivity index (χ3n) is 6.00. The third-order valence-corrected chi connectivity index (χ3v) is 6.00. The van der Waals surface area contributed by atoms with Gasteiger partial charge in [-0.1, -0.05) is 71.9 Å². The normalized spacial score (nSPS) is 18.2. The highest BCUT2D eigenvalue weighted by Gasteiger charge is 2.16. The fraction of sp³-hybridized carbons (Fsp3) is 0.194. The van der Waals surface area contributed by atoms with Crippen molar-refractivity contribution in [2.45, 2.75) is 39.5 Å². The Balaban J connectivity index is 1.41. The van der Waals surface area contributed by atoms with Gasteiger partial charge in [-0.2, -0.15) is 0 Å². The van der Waals surface area contributed by atoms with E-state index >= 15 is 0 Å². The van der Waals surface area contributed by atoms with Crippen LogP contribution < -0.4 is 0 Å². The van der Waals surface area contributed by atoms with E-state index in [0.717, 1.165) is 41.6 Å². The molecule has 0 amide bonds. The predicted molar refractivity (Wildman–Crippen MR) is 139 cm³/mol. The van der Waals surface area contributed by atoms with Crippen LogP contribution in [0.15, 0.2) is 131 Å². The molecular weight excluding hydrogens is 436 g/mol. The second-order valence-electron chi connectivity index (χ2n) is 8.71. The van der Waals surface area contributed by atoms with Crippen LogP contribution in [0, 0.1) is 6.92 Å². The Bertz CT molecular complexity index is 1260. The monoisotopic (exact) mass is 466 g/mol. The molecule has 1 aromatic rings. The molecule has 4 rings (SSSR count). The van der Waals surface area contributed by atoms with Crippen LogP contribution in [0.4, 0.5) is 0 Å². The van der Waals surface area contributed by atoms with E-state index < -0.39 is 0 Å². The first-order valence-electron chi connectivity index (χ1n) is 11.9. The van der Waals surface area contributed by atoms with E-state index in [9.17, 15) is 9.90 Å². The molecule has 0 unspecified atom stereocenters. The van der Waals surface area contributed by atoms with Crippen molar-refractivity contribution in [1.82, 2.24) is 0 Å². The number of allylic oxidation sites excluding steroid dienone is 14. The molecule has 0 bridgehead atoms. The number of esters is 1. The van der Waals surface area contributed by atoms with Crippen molar-refractivity contribution in [2.24, 2.45) is 0 Å². The quantitative estimate of drug-likeness (QED) is 0.344. The Kier molecular flexibility index (Phi) is 7.84. The number of rotatable bonds is 6. The summed E-state index contributed by atoms with van der Waals surface area (Å²) in [6.45, 7) is 4.03. The number of carbonyl (C=O) groups excluding carboxylic acids is 1. The molecule has 0 atom stereocenters. The Morgan fingerprint density at radius 1 is 0.886 bits per heavy atom. The summed E-state index contributed by atoms with van der Waals surface area (Å²) in [5, 5.41) is 9.77. The molecule has 0 heterocycles. The summed E-state index contributed by atoms with van der Waals surface area (Å²) in [6, 6.07) is 7.38. The van der Waals surface area contributed by atoms with Gasteiger partial charge in [0.25, 0.3) is 0 Å². The van der Waals surface area contributed by atoms with E-state index in [1.54, 1.807) is 12.1 Å². The van der Waals surface area contributed by atoms with Crippen molar-refractivity contribution in [3.05, 3.63) is 142 Å². The molecule has 0 saturated carbocycles. The van der Waals surface area contributed by atoms with Crippen LogP contribution >= 0.6 is 0 Å². The van der Waals surface area contributed by atoms with Gasteiger partial charge in [-0.25, -0.2) is 4.79 Å². The van der Waals surface area contributed by atoms with E-state index in [1.807, 2.05) is 68.5 Å². The average Bonchev–Trinajstić information content (AvgIpc) is 3.23. The molecule has 0 aliphatic heterocycles. The SMILES string of the molecule is CC1=CCC=C(/C(=C/O)OC2=CC=C(C3=CC=C(OC(=O)c4ccc(C)cc4)CC3)C=CC2)C=C1. The minimum atomic E-state index is -0.330. The Labute approximate surface area is 207 Å². The highest BCUT2D eigenvalue weighted by Crippen LogP contribution is 2.29. The zero-order valence-corrected chi connectivity index (χ0v) is 20.2. The molecule has 35 heavy (non-hydrogen) atoms. The van der Waals surface area contributed by atoms with Crippen molar-refractivity contribution in [3.8, 4) is 0 Å². The van der Waals surface area contributed by atoms with Gasteiger partial charge < -0.3 is 14.6 Å². The largest absolute Gasteiger partial charge is 0.512 e. The van der Waals surface area contributed by atoms with E-state index in [0.29, 0.717) is 29.9 Å². The molecule has 0 aromatic heterocycles. The molecule has 3 aliphatic carbocycles. The summed E-state index contributed by atoms with van der Waals surface area (Å²) in [5.74, 6) is 1.52. The maximum Gasteiger partial charge on any atom is 0.343 e.